The van der Waals surface area contributed by atoms with E-state index in [4.69, 9.17) is 23.2 Å². The molecule has 9 heteroatoms. The predicted molar refractivity (Wildman–Crippen MR) is 114 cm³/mol. The molecule has 3 aromatic rings. The standard InChI is InChI=1S/C21H21Cl2N5O2/c1-12-25-27(20(30)18-10-17(13-3-4-13)26-28(12)18)11-19(29)24-21(7-2-8-21)15-6-5-14(22)9-16(15)23/h5-6,9-10,13H,2-4,7-8,11H2,1H3,(H,24,29). The third kappa shape index (κ3) is 3.30. The van der Waals surface area contributed by atoms with Gasteiger partial charge >= 0.3 is 0 Å². The second-order valence-electron chi connectivity index (χ2n) is 8.26. The van der Waals surface area contributed by atoms with E-state index in [9.17, 15) is 9.59 Å². The maximum atomic E-state index is 12.9. The number of nitrogens with one attached hydrogen (secondary N) is 1. The summed E-state index contributed by atoms with van der Waals surface area (Å²) >= 11 is 12.4. The van der Waals surface area contributed by atoms with Gasteiger partial charge in [-0.15, -0.1) is 0 Å². The first-order valence-electron chi connectivity index (χ1n) is 10.1. The number of amides is 1. The summed E-state index contributed by atoms with van der Waals surface area (Å²) in [5.41, 5.74) is 1.38. The zero-order valence-electron chi connectivity index (χ0n) is 16.5. The molecule has 2 aliphatic rings. The molecule has 2 saturated carbocycles. The number of hydrogen-bond acceptors (Lipinski definition) is 4. The van der Waals surface area contributed by atoms with Gasteiger partial charge in [0.05, 0.1) is 11.2 Å². The highest BCUT2D eigenvalue weighted by molar-refractivity contribution is 6.35. The van der Waals surface area contributed by atoms with Crippen LogP contribution in [0.3, 0.4) is 0 Å². The monoisotopic (exact) mass is 445 g/mol. The molecule has 0 aliphatic heterocycles. The lowest BCUT2D eigenvalue weighted by Gasteiger charge is -2.43. The first-order chi connectivity index (χ1) is 14.4. The molecule has 0 unspecified atom stereocenters. The van der Waals surface area contributed by atoms with E-state index in [0.717, 1.165) is 43.4 Å². The van der Waals surface area contributed by atoms with Gasteiger partial charge in [0.2, 0.25) is 5.91 Å². The molecule has 0 radical (unpaired) electrons. The zero-order valence-corrected chi connectivity index (χ0v) is 18.0. The Labute approximate surface area is 183 Å². The van der Waals surface area contributed by atoms with Gasteiger partial charge in [-0.1, -0.05) is 29.3 Å². The first kappa shape index (κ1) is 19.6. The van der Waals surface area contributed by atoms with Crippen LogP contribution in [0.5, 0.6) is 0 Å². The fourth-order valence-electron chi connectivity index (χ4n) is 4.19. The predicted octanol–water partition coefficient (Wildman–Crippen LogP) is 3.58. The topological polar surface area (TPSA) is 81.3 Å². The number of benzene rings is 1. The van der Waals surface area contributed by atoms with Crippen molar-refractivity contribution in [1.29, 1.82) is 0 Å². The molecular weight excluding hydrogens is 425 g/mol. The maximum absolute atomic E-state index is 12.9. The number of aromatic nitrogens is 4. The molecule has 5 rings (SSSR count). The number of halogens is 2. The largest absolute Gasteiger partial charge is 0.345 e. The van der Waals surface area contributed by atoms with Gasteiger partial charge in [0.15, 0.2) is 0 Å². The molecule has 0 bridgehead atoms. The number of nitrogens with zero attached hydrogens (tertiary/aromatic N) is 4. The average molecular weight is 446 g/mol. The van der Waals surface area contributed by atoms with Gasteiger partial charge < -0.3 is 5.32 Å². The van der Waals surface area contributed by atoms with Crippen LogP contribution < -0.4 is 10.9 Å². The first-order valence-corrected chi connectivity index (χ1v) is 10.9. The molecule has 156 valence electrons. The van der Waals surface area contributed by atoms with E-state index in [1.807, 2.05) is 12.1 Å². The summed E-state index contributed by atoms with van der Waals surface area (Å²) in [6.45, 7) is 1.62. The van der Waals surface area contributed by atoms with E-state index in [-0.39, 0.29) is 18.0 Å². The van der Waals surface area contributed by atoms with E-state index >= 15 is 0 Å². The Balaban J connectivity index is 1.41. The molecule has 0 atom stereocenters. The summed E-state index contributed by atoms with van der Waals surface area (Å²) in [5.74, 6) is 0.729. The Hall–Kier alpha value is -2.38. The molecule has 0 spiro atoms. The summed E-state index contributed by atoms with van der Waals surface area (Å²) in [4.78, 5) is 25.8. The van der Waals surface area contributed by atoms with Crippen molar-refractivity contribution in [2.75, 3.05) is 0 Å². The van der Waals surface area contributed by atoms with Crippen molar-refractivity contribution >= 4 is 34.6 Å². The minimum absolute atomic E-state index is 0.160. The van der Waals surface area contributed by atoms with Crippen LogP contribution in [0.15, 0.2) is 29.1 Å². The second-order valence-corrected chi connectivity index (χ2v) is 9.10. The van der Waals surface area contributed by atoms with Crippen molar-refractivity contribution in [2.24, 2.45) is 0 Å². The Morgan fingerprint density at radius 3 is 2.63 bits per heavy atom. The number of aryl methyl sites for hydroxylation is 1. The normalized spacial score (nSPS) is 17.7. The fraction of sp³-hybridized carbons (Fsp3) is 0.429. The van der Waals surface area contributed by atoms with Crippen molar-refractivity contribution in [1.82, 2.24) is 24.7 Å². The van der Waals surface area contributed by atoms with E-state index < -0.39 is 5.54 Å². The van der Waals surface area contributed by atoms with Crippen LogP contribution in [0.2, 0.25) is 10.0 Å². The van der Waals surface area contributed by atoms with Gasteiger partial charge in [-0.2, -0.15) is 10.2 Å². The summed E-state index contributed by atoms with van der Waals surface area (Å²) in [6.07, 6.45) is 4.76. The van der Waals surface area contributed by atoms with Crippen LogP contribution in [-0.4, -0.2) is 25.3 Å². The zero-order chi connectivity index (χ0) is 21.0. The highest BCUT2D eigenvalue weighted by Crippen LogP contribution is 2.44. The van der Waals surface area contributed by atoms with Crippen molar-refractivity contribution in [3.05, 3.63) is 61.7 Å². The lowest BCUT2D eigenvalue weighted by molar-refractivity contribution is -0.125. The van der Waals surface area contributed by atoms with Crippen molar-refractivity contribution in [3.63, 3.8) is 0 Å². The lowest BCUT2D eigenvalue weighted by Crippen LogP contribution is -2.52. The molecular formula is C21H21Cl2N5O2. The quantitative estimate of drug-likeness (QED) is 0.650. The van der Waals surface area contributed by atoms with Gasteiger partial charge in [-0.05, 0) is 62.8 Å². The summed E-state index contributed by atoms with van der Waals surface area (Å²) < 4.78 is 2.79. The van der Waals surface area contributed by atoms with Gasteiger partial charge in [0.25, 0.3) is 5.56 Å². The fourth-order valence-corrected chi connectivity index (χ4v) is 4.78. The number of hydrogen-bond donors (Lipinski definition) is 1. The van der Waals surface area contributed by atoms with Crippen LogP contribution in [0.4, 0.5) is 0 Å². The second kappa shape index (κ2) is 7.10. The lowest BCUT2D eigenvalue weighted by atomic mass is 9.71. The third-order valence-corrected chi connectivity index (χ3v) is 6.62. The minimum Gasteiger partial charge on any atom is -0.345 e. The smallest absolute Gasteiger partial charge is 0.293 e. The summed E-state index contributed by atoms with van der Waals surface area (Å²) in [7, 11) is 0. The Kier molecular flexibility index (Phi) is 4.63. The van der Waals surface area contributed by atoms with Crippen molar-refractivity contribution < 1.29 is 4.79 Å². The number of rotatable bonds is 5. The highest BCUT2D eigenvalue weighted by Gasteiger charge is 2.41. The van der Waals surface area contributed by atoms with Crippen molar-refractivity contribution in [3.8, 4) is 0 Å². The Morgan fingerprint density at radius 2 is 2.00 bits per heavy atom. The third-order valence-electron chi connectivity index (χ3n) is 6.08. The molecule has 1 amide bonds. The molecule has 7 nitrogen and oxygen atoms in total. The summed E-state index contributed by atoms with van der Waals surface area (Å²) in [5, 5.41) is 13.0. The molecule has 2 fully saturated rings. The van der Waals surface area contributed by atoms with Gasteiger partial charge in [-0.25, -0.2) is 9.20 Å². The van der Waals surface area contributed by atoms with Crippen LogP contribution in [-0.2, 0) is 16.9 Å². The highest BCUT2D eigenvalue weighted by atomic mass is 35.5. The van der Waals surface area contributed by atoms with Crippen LogP contribution >= 0.6 is 23.2 Å². The Bertz CT molecular complexity index is 1220. The van der Waals surface area contributed by atoms with Gasteiger partial charge in [0.1, 0.15) is 17.9 Å². The van der Waals surface area contributed by atoms with E-state index in [1.165, 1.54) is 4.68 Å². The Morgan fingerprint density at radius 1 is 1.23 bits per heavy atom. The maximum Gasteiger partial charge on any atom is 0.293 e. The molecule has 0 saturated heterocycles. The SMILES string of the molecule is Cc1nn(CC(=O)NC2(c3ccc(Cl)cc3Cl)CCC2)c(=O)c2cc(C3CC3)nn12. The number of fused-ring (bicyclic) bond motifs is 1. The molecule has 2 aliphatic carbocycles. The van der Waals surface area contributed by atoms with E-state index in [1.54, 1.807) is 23.6 Å². The van der Waals surface area contributed by atoms with E-state index in [2.05, 4.69) is 15.5 Å². The summed E-state index contributed by atoms with van der Waals surface area (Å²) in [6, 6.07) is 7.14. The molecule has 30 heavy (non-hydrogen) atoms. The van der Waals surface area contributed by atoms with Crippen LogP contribution in [0, 0.1) is 6.92 Å². The van der Waals surface area contributed by atoms with E-state index in [0.29, 0.717) is 27.3 Å². The number of carbonyl (C=O) groups is 1. The van der Waals surface area contributed by atoms with Gasteiger partial charge in [-0.3, -0.25) is 9.59 Å². The van der Waals surface area contributed by atoms with Crippen LogP contribution in [0.25, 0.3) is 5.52 Å². The molecule has 2 aromatic heterocycles. The number of carbonyl (C=O) groups excluding carboxylic acids is 1. The van der Waals surface area contributed by atoms with Crippen LogP contribution in [0.1, 0.15) is 55.1 Å². The van der Waals surface area contributed by atoms with Gasteiger partial charge in [0, 0.05) is 16.0 Å². The van der Waals surface area contributed by atoms with Crippen molar-refractivity contribution in [2.45, 2.75) is 57.0 Å². The molecule has 2 heterocycles. The minimum atomic E-state index is -0.530. The molecule has 1 aromatic carbocycles. The average Bonchev–Trinajstić information content (AvgIpc) is 3.41. The molecule has 1 N–H and O–H groups in total.